The van der Waals surface area contributed by atoms with Gasteiger partial charge in [0.05, 0.1) is 19.9 Å². The third kappa shape index (κ3) is 3.83. The number of benzene rings is 1. The monoisotopic (exact) mass is 408 g/mol. The molecule has 0 N–H and O–H groups in total. The van der Waals surface area contributed by atoms with Crippen LogP contribution in [0, 0.1) is 13.8 Å². The molecule has 2 aromatic rings. The van der Waals surface area contributed by atoms with Crippen molar-refractivity contribution in [2.75, 3.05) is 28.4 Å². The van der Waals surface area contributed by atoms with Crippen molar-refractivity contribution in [3.63, 3.8) is 0 Å². The minimum Gasteiger partial charge on any atom is -0.493 e. The number of aliphatic imine (C=N–C) groups is 1. The normalized spacial score (nSPS) is 15.1. The lowest BCUT2D eigenvalue weighted by Gasteiger charge is -2.21. The smallest absolute Gasteiger partial charge is 0.493 e. The molecule has 0 spiro atoms. The van der Waals surface area contributed by atoms with Gasteiger partial charge in [-0.25, -0.2) is 0 Å². The fourth-order valence-corrected chi connectivity index (χ4v) is 4.02. The molecule has 0 fully saturated rings. The van der Waals surface area contributed by atoms with Gasteiger partial charge in [-0.2, -0.15) is 0 Å². The quantitative estimate of drug-likeness (QED) is 0.637. The molecule has 1 aromatic carbocycles. The van der Waals surface area contributed by atoms with Crippen molar-refractivity contribution in [3.05, 3.63) is 64.1 Å². The second-order valence-electron chi connectivity index (χ2n) is 7.34. The Morgan fingerprint density at radius 3 is 2.10 bits per heavy atom. The Bertz CT molecular complexity index is 1050. The van der Waals surface area contributed by atoms with Crippen molar-refractivity contribution < 1.29 is 18.8 Å². The molecule has 158 valence electrons. The third-order valence-corrected chi connectivity index (χ3v) is 5.27. The van der Waals surface area contributed by atoms with E-state index in [1.165, 1.54) is 0 Å². The Hall–Kier alpha value is -2.77. The van der Waals surface area contributed by atoms with E-state index in [0.29, 0.717) is 11.5 Å². The number of aryl methyl sites for hydroxylation is 2. The van der Waals surface area contributed by atoms with Gasteiger partial charge in [0.1, 0.15) is 0 Å². The summed E-state index contributed by atoms with van der Waals surface area (Å²) in [6, 6.07) is 8.06. The van der Waals surface area contributed by atoms with Gasteiger partial charge < -0.3 is 23.3 Å². The van der Waals surface area contributed by atoms with Crippen LogP contribution < -0.4 is 9.47 Å². The standard InChI is InChI=1S/C23H29BN2O4/c1-14-11-16(3)25-22(14)21(18-9-10-19(27-5)20(13-18)28-6)23-15(2)12-17(4)26(23)24(29-7)30-8/h9-13H,1-8H3/b22-21-. The maximum atomic E-state index is 5.62. The summed E-state index contributed by atoms with van der Waals surface area (Å²) in [4.78, 5) is 4.86. The highest BCUT2D eigenvalue weighted by molar-refractivity contribution is 6.43. The minimum atomic E-state index is -0.555. The molecule has 7 heteroatoms. The average molecular weight is 408 g/mol. The van der Waals surface area contributed by atoms with Crippen LogP contribution in [0.4, 0.5) is 0 Å². The molecule has 1 aromatic heterocycles. The van der Waals surface area contributed by atoms with Crippen LogP contribution in [0.25, 0.3) is 5.57 Å². The first kappa shape index (κ1) is 21.9. The SMILES string of the molecule is COB(OC)n1c(C)cc(C)c1/C(=C1\N=C(C)C=C1C)c1ccc(OC)c(OC)c1. The van der Waals surface area contributed by atoms with Gasteiger partial charge in [-0.05, 0) is 68.7 Å². The Kier molecular flexibility index (Phi) is 6.53. The van der Waals surface area contributed by atoms with Crippen LogP contribution >= 0.6 is 0 Å². The summed E-state index contributed by atoms with van der Waals surface area (Å²) >= 11 is 0. The summed E-state index contributed by atoms with van der Waals surface area (Å²) in [7, 11) is 5.99. The molecular formula is C23H29BN2O4. The number of ether oxygens (including phenoxy) is 2. The number of hydrogen-bond donors (Lipinski definition) is 0. The number of hydrogen-bond acceptors (Lipinski definition) is 5. The van der Waals surface area contributed by atoms with Crippen molar-refractivity contribution in [2.24, 2.45) is 4.99 Å². The molecule has 0 aliphatic carbocycles. The van der Waals surface area contributed by atoms with Gasteiger partial charge in [-0.1, -0.05) is 6.07 Å². The Morgan fingerprint density at radius 2 is 1.57 bits per heavy atom. The first-order valence-corrected chi connectivity index (χ1v) is 9.81. The molecule has 1 aliphatic heterocycles. The fourth-order valence-electron chi connectivity index (χ4n) is 4.02. The van der Waals surface area contributed by atoms with Gasteiger partial charge in [-0.3, -0.25) is 4.99 Å². The number of methoxy groups -OCH3 is 2. The van der Waals surface area contributed by atoms with Gasteiger partial charge in [0, 0.05) is 36.9 Å². The van der Waals surface area contributed by atoms with Crippen LogP contribution in [0.3, 0.4) is 0 Å². The van der Waals surface area contributed by atoms with Gasteiger partial charge in [0.25, 0.3) is 0 Å². The predicted octanol–water partition coefficient (Wildman–Crippen LogP) is 4.43. The second kappa shape index (κ2) is 8.94. The van der Waals surface area contributed by atoms with E-state index in [2.05, 4.69) is 30.5 Å². The van der Waals surface area contributed by atoms with Crippen LogP contribution in [0.5, 0.6) is 11.5 Å². The number of rotatable bonds is 7. The molecule has 0 atom stereocenters. The second-order valence-corrected chi connectivity index (χ2v) is 7.34. The summed E-state index contributed by atoms with van der Waals surface area (Å²) in [6.45, 7) is 8.22. The average Bonchev–Trinajstić information content (AvgIpc) is 3.21. The molecule has 0 amide bonds. The van der Waals surface area contributed by atoms with E-state index in [-0.39, 0.29) is 0 Å². The molecule has 2 heterocycles. The lowest BCUT2D eigenvalue weighted by atomic mass is 9.93. The van der Waals surface area contributed by atoms with E-state index in [9.17, 15) is 0 Å². The number of aromatic nitrogens is 1. The fraction of sp³-hybridized carbons (Fsp3) is 0.348. The minimum absolute atomic E-state index is 0.555. The largest absolute Gasteiger partial charge is 0.597 e. The molecule has 0 saturated heterocycles. The van der Waals surface area contributed by atoms with Crippen molar-refractivity contribution in [1.29, 1.82) is 0 Å². The van der Waals surface area contributed by atoms with Crippen molar-refractivity contribution >= 4 is 18.5 Å². The molecule has 0 bridgehead atoms. The van der Waals surface area contributed by atoms with E-state index in [0.717, 1.165) is 45.1 Å². The summed E-state index contributed by atoms with van der Waals surface area (Å²) in [5, 5.41) is 0. The van der Waals surface area contributed by atoms with Crippen LogP contribution in [-0.4, -0.2) is 45.9 Å². The van der Waals surface area contributed by atoms with Crippen LogP contribution in [0.2, 0.25) is 0 Å². The molecule has 3 rings (SSSR count). The lowest BCUT2D eigenvalue weighted by Crippen LogP contribution is -2.32. The van der Waals surface area contributed by atoms with Gasteiger partial charge >= 0.3 is 7.25 Å². The van der Waals surface area contributed by atoms with E-state index >= 15 is 0 Å². The number of allylic oxidation sites excluding steroid dienone is 2. The van der Waals surface area contributed by atoms with Crippen LogP contribution in [-0.2, 0) is 9.31 Å². The van der Waals surface area contributed by atoms with Crippen molar-refractivity contribution in [1.82, 2.24) is 4.48 Å². The molecule has 30 heavy (non-hydrogen) atoms. The Balaban J connectivity index is 2.38. The lowest BCUT2D eigenvalue weighted by molar-refractivity contribution is 0.267. The predicted molar refractivity (Wildman–Crippen MR) is 122 cm³/mol. The van der Waals surface area contributed by atoms with Gasteiger partial charge in [0.15, 0.2) is 11.5 Å². The van der Waals surface area contributed by atoms with E-state index in [1.807, 2.05) is 32.0 Å². The zero-order valence-corrected chi connectivity index (χ0v) is 19.0. The summed E-state index contributed by atoms with van der Waals surface area (Å²) in [6.07, 6.45) is 2.09. The highest BCUT2D eigenvalue weighted by atomic mass is 16.6. The Morgan fingerprint density at radius 1 is 0.900 bits per heavy atom. The topological polar surface area (TPSA) is 54.2 Å². The van der Waals surface area contributed by atoms with Crippen LogP contribution in [0.1, 0.15) is 36.4 Å². The highest BCUT2D eigenvalue weighted by Crippen LogP contribution is 2.39. The zero-order chi connectivity index (χ0) is 22.0. The maximum absolute atomic E-state index is 5.62. The summed E-state index contributed by atoms with van der Waals surface area (Å²) in [5.41, 5.74) is 8.11. The highest BCUT2D eigenvalue weighted by Gasteiger charge is 2.30. The third-order valence-electron chi connectivity index (χ3n) is 5.27. The molecule has 1 aliphatic rings. The van der Waals surface area contributed by atoms with E-state index in [1.54, 1.807) is 28.4 Å². The van der Waals surface area contributed by atoms with E-state index < -0.39 is 7.25 Å². The maximum Gasteiger partial charge on any atom is 0.597 e. The zero-order valence-electron chi connectivity index (χ0n) is 19.0. The van der Waals surface area contributed by atoms with Crippen LogP contribution in [0.15, 0.2) is 46.6 Å². The first-order valence-electron chi connectivity index (χ1n) is 9.81. The Labute approximate surface area is 179 Å². The summed E-state index contributed by atoms with van der Waals surface area (Å²) in [5.74, 6) is 1.34. The van der Waals surface area contributed by atoms with Gasteiger partial charge in [0.2, 0.25) is 0 Å². The molecular weight excluding hydrogens is 379 g/mol. The van der Waals surface area contributed by atoms with E-state index in [4.69, 9.17) is 23.8 Å². The molecule has 6 nitrogen and oxygen atoms in total. The van der Waals surface area contributed by atoms with Gasteiger partial charge in [-0.15, -0.1) is 0 Å². The molecule has 0 unspecified atom stereocenters. The molecule has 0 radical (unpaired) electrons. The summed E-state index contributed by atoms with van der Waals surface area (Å²) < 4.78 is 24.3. The first-order chi connectivity index (χ1) is 14.4. The van der Waals surface area contributed by atoms with Crippen molar-refractivity contribution in [3.8, 4) is 11.5 Å². The van der Waals surface area contributed by atoms with Crippen molar-refractivity contribution in [2.45, 2.75) is 27.7 Å². The number of nitrogens with zero attached hydrogens (tertiary/aromatic N) is 2. The molecule has 0 saturated carbocycles.